The number of benzene rings is 2. The fourth-order valence-corrected chi connectivity index (χ4v) is 5.86. The Kier molecular flexibility index (Phi) is 6.15. The van der Waals surface area contributed by atoms with Crippen LogP contribution in [0.5, 0.6) is 0 Å². The van der Waals surface area contributed by atoms with Gasteiger partial charge >= 0.3 is 0 Å². The molecule has 6 aromatic rings. The Morgan fingerprint density at radius 3 is 2.62 bits per heavy atom. The first-order valence-electron chi connectivity index (χ1n) is 13.4. The molecule has 0 radical (unpaired) electrons. The Hall–Kier alpha value is -4.84. The third-order valence-corrected chi connectivity index (χ3v) is 7.93. The quantitative estimate of drug-likeness (QED) is 0.273. The molecular formula is C30H25BrN8O3. The van der Waals surface area contributed by atoms with Crippen molar-refractivity contribution >= 4 is 50.0 Å². The maximum absolute atomic E-state index is 13.0. The normalized spacial score (nSPS) is 13.6. The number of aromatic nitrogens is 6. The summed E-state index contributed by atoms with van der Waals surface area (Å²) in [5.74, 6) is -0.0868. The van der Waals surface area contributed by atoms with Crippen LogP contribution in [0.1, 0.15) is 43.9 Å². The number of amides is 2. The molecule has 11 nitrogen and oxygen atoms in total. The van der Waals surface area contributed by atoms with E-state index in [9.17, 15) is 9.59 Å². The van der Waals surface area contributed by atoms with E-state index in [0.717, 1.165) is 38.0 Å². The molecule has 0 spiro atoms. The largest absolute Gasteiger partial charge is 0.451 e. The molecular weight excluding hydrogens is 600 g/mol. The Morgan fingerprint density at radius 1 is 1.05 bits per heavy atom. The van der Waals surface area contributed by atoms with E-state index in [-0.39, 0.29) is 17.9 Å². The first kappa shape index (κ1) is 26.1. The molecule has 1 aliphatic heterocycles. The molecule has 1 saturated heterocycles. The molecule has 42 heavy (non-hydrogen) atoms. The number of likely N-dealkylation sites (tertiary alicyclic amines) is 1. The fraction of sp³-hybridized carbons (Fsp3) is 0.200. The van der Waals surface area contributed by atoms with Crippen molar-refractivity contribution in [1.29, 1.82) is 0 Å². The zero-order chi connectivity index (χ0) is 29.1. The molecule has 2 aromatic carbocycles. The molecule has 1 N–H and O–H groups in total. The molecule has 0 bridgehead atoms. The smallest absolute Gasteiger partial charge is 0.289 e. The average Bonchev–Trinajstić information content (AvgIpc) is 3.67. The number of anilines is 1. The molecule has 0 unspecified atom stereocenters. The number of nitrogens with one attached hydrogen (secondary N) is 1. The summed E-state index contributed by atoms with van der Waals surface area (Å²) in [4.78, 5) is 32.2. The summed E-state index contributed by atoms with van der Waals surface area (Å²) in [6, 6.07) is 15.0. The van der Waals surface area contributed by atoms with Gasteiger partial charge in [-0.25, -0.2) is 14.2 Å². The zero-order valence-corrected chi connectivity index (χ0v) is 24.6. The minimum atomic E-state index is -0.282. The highest BCUT2D eigenvalue weighted by atomic mass is 79.9. The summed E-state index contributed by atoms with van der Waals surface area (Å²) in [6.07, 6.45) is 3.40. The van der Waals surface area contributed by atoms with Crippen molar-refractivity contribution in [3.8, 4) is 11.3 Å². The van der Waals surface area contributed by atoms with Gasteiger partial charge in [0.2, 0.25) is 0 Å². The number of fused-ring (bicyclic) bond motifs is 2. The van der Waals surface area contributed by atoms with Gasteiger partial charge in [-0.05, 0) is 62.7 Å². The van der Waals surface area contributed by atoms with Crippen LogP contribution in [0.2, 0.25) is 0 Å². The number of furan rings is 1. The van der Waals surface area contributed by atoms with Crippen LogP contribution in [0, 0.1) is 20.8 Å². The number of halogens is 1. The predicted molar refractivity (Wildman–Crippen MR) is 159 cm³/mol. The van der Waals surface area contributed by atoms with Gasteiger partial charge in [0.15, 0.2) is 11.4 Å². The van der Waals surface area contributed by atoms with E-state index < -0.39 is 0 Å². The Morgan fingerprint density at radius 2 is 1.83 bits per heavy atom. The van der Waals surface area contributed by atoms with Crippen LogP contribution in [0.4, 0.5) is 5.69 Å². The van der Waals surface area contributed by atoms with Crippen LogP contribution < -0.4 is 5.32 Å². The second-order valence-electron chi connectivity index (χ2n) is 10.6. The van der Waals surface area contributed by atoms with E-state index in [1.165, 1.54) is 6.20 Å². The highest BCUT2D eigenvalue weighted by molar-refractivity contribution is 9.10. The first-order valence-corrected chi connectivity index (χ1v) is 14.2. The van der Waals surface area contributed by atoms with Gasteiger partial charge in [-0.1, -0.05) is 33.3 Å². The lowest BCUT2D eigenvalue weighted by atomic mass is 10.1. The summed E-state index contributed by atoms with van der Waals surface area (Å²) in [5, 5.41) is 16.7. The zero-order valence-electron chi connectivity index (χ0n) is 23.0. The Bertz CT molecular complexity index is 2020. The molecule has 0 aliphatic carbocycles. The van der Waals surface area contributed by atoms with Gasteiger partial charge in [-0.3, -0.25) is 9.59 Å². The van der Waals surface area contributed by atoms with E-state index in [2.05, 4.69) is 41.6 Å². The van der Waals surface area contributed by atoms with Crippen molar-refractivity contribution in [3.05, 3.63) is 93.7 Å². The molecule has 210 valence electrons. The maximum Gasteiger partial charge on any atom is 0.289 e. The molecule has 2 amide bonds. The van der Waals surface area contributed by atoms with Gasteiger partial charge in [0.05, 0.1) is 18.4 Å². The predicted octanol–water partition coefficient (Wildman–Crippen LogP) is 5.37. The lowest BCUT2D eigenvalue weighted by Crippen LogP contribution is -2.50. The van der Waals surface area contributed by atoms with Gasteiger partial charge in [0, 0.05) is 45.6 Å². The lowest BCUT2D eigenvalue weighted by molar-refractivity contribution is 0.0469. The number of aryl methyl sites for hydroxylation is 3. The van der Waals surface area contributed by atoms with Crippen molar-refractivity contribution in [2.75, 3.05) is 18.4 Å². The van der Waals surface area contributed by atoms with Gasteiger partial charge in [-0.2, -0.15) is 5.10 Å². The van der Waals surface area contributed by atoms with Crippen molar-refractivity contribution in [1.82, 2.24) is 34.5 Å². The Balaban J connectivity index is 0.995. The third kappa shape index (κ3) is 4.53. The summed E-state index contributed by atoms with van der Waals surface area (Å²) >= 11 is 3.49. The van der Waals surface area contributed by atoms with Crippen LogP contribution in [0.25, 0.3) is 27.9 Å². The van der Waals surface area contributed by atoms with Gasteiger partial charge < -0.3 is 14.6 Å². The number of carbonyl (C=O) groups is 2. The molecule has 1 fully saturated rings. The van der Waals surface area contributed by atoms with Gasteiger partial charge in [0.25, 0.3) is 11.8 Å². The molecule has 0 atom stereocenters. The van der Waals surface area contributed by atoms with E-state index in [1.54, 1.807) is 20.2 Å². The van der Waals surface area contributed by atoms with E-state index >= 15 is 0 Å². The van der Waals surface area contributed by atoms with Crippen molar-refractivity contribution in [3.63, 3.8) is 0 Å². The Labute approximate surface area is 248 Å². The number of carbonyl (C=O) groups excluding carboxylic acids is 2. The topological polar surface area (TPSA) is 123 Å². The molecule has 4 aromatic heterocycles. The minimum Gasteiger partial charge on any atom is -0.451 e. The molecule has 12 heteroatoms. The van der Waals surface area contributed by atoms with Crippen LogP contribution >= 0.6 is 15.9 Å². The van der Waals surface area contributed by atoms with Crippen LogP contribution in [-0.2, 0) is 0 Å². The third-order valence-electron chi connectivity index (χ3n) is 7.47. The van der Waals surface area contributed by atoms with E-state index in [4.69, 9.17) is 4.42 Å². The summed E-state index contributed by atoms with van der Waals surface area (Å²) < 4.78 is 10.3. The number of hydrogen-bond acceptors (Lipinski definition) is 7. The monoisotopic (exact) mass is 624 g/mol. The minimum absolute atomic E-state index is 0.0285. The number of rotatable bonds is 5. The van der Waals surface area contributed by atoms with Crippen molar-refractivity contribution in [2.24, 2.45) is 0 Å². The summed E-state index contributed by atoms with van der Waals surface area (Å²) in [5.41, 5.74) is 6.56. The van der Waals surface area contributed by atoms with Crippen molar-refractivity contribution in [2.45, 2.75) is 26.8 Å². The standard InChI is InChI=1S/C30H25BrN8O3/c1-16-8-21(31)10-20-11-26(42-27(16)20)30(41)37-13-23(14-37)38-15-25(35-36-38)19-4-6-22(7-5-19)34-29(40)24-12-32-39-18(3)9-17(2)33-28(24)39/h4-12,15,23H,13-14H2,1-3H3,(H,34,40). The van der Waals surface area contributed by atoms with E-state index in [1.807, 2.05) is 69.4 Å². The molecule has 1 aliphatic rings. The number of hydrogen-bond donors (Lipinski definition) is 1. The SMILES string of the molecule is Cc1cc(C)n2ncc(C(=O)Nc3ccc(-c4cn(C5CN(C(=O)c6cc7cc(Br)cc(C)c7o6)C5)nn4)cc3)c2n1. The van der Waals surface area contributed by atoms with E-state index in [0.29, 0.717) is 41.4 Å². The second kappa shape index (κ2) is 9.91. The van der Waals surface area contributed by atoms with Crippen LogP contribution in [0.3, 0.4) is 0 Å². The lowest BCUT2D eigenvalue weighted by Gasteiger charge is -2.38. The van der Waals surface area contributed by atoms with Crippen LogP contribution in [0.15, 0.2) is 69.8 Å². The fourth-order valence-electron chi connectivity index (χ4n) is 5.27. The highest BCUT2D eigenvalue weighted by Gasteiger charge is 2.35. The number of nitrogens with zero attached hydrogens (tertiary/aromatic N) is 7. The molecule has 0 saturated carbocycles. The molecule has 5 heterocycles. The summed E-state index contributed by atoms with van der Waals surface area (Å²) in [7, 11) is 0. The summed E-state index contributed by atoms with van der Waals surface area (Å²) in [6.45, 7) is 6.81. The highest BCUT2D eigenvalue weighted by Crippen LogP contribution is 2.30. The van der Waals surface area contributed by atoms with Crippen molar-refractivity contribution < 1.29 is 14.0 Å². The first-order chi connectivity index (χ1) is 20.2. The van der Waals surface area contributed by atoms with Gasteiger partial charge in [0.1, 0.15) is 16.8 Å². The maximum atomic E-state index is 13.0. The van der Waals surface area contributed by atoms with Crippen LogP contribution in [-0.4, -0.2) is 59.4 Å². The molecule has 7 rings (SSSR count). The average molecular weight is 625 g/mol. The second-order valence-corrected chi connectivity index (χ2v) is 11.5. The van der Waals surface area contributed by atoms with Gasteiger partial charge in [-0.15, -0.1) is 5.10 Å².